The molecule has 0 fully saturated rings. The summed E-state index contributed by atoms with van der Waals surface area (Å²) in [5.74, 6) is -0.174. The summed E-state index contributed by atoms with van der Waals surface area (Å²) in [5.41, 5.74) is 0. The zero-order chi connectivity index (χ0) is 8.20. The van der Waals surface area contributed by atoms with Crippen LogP contribution in [0.4, 0.5) is 8.78 Å². The summed E-state index contributed by atoms with van der Waals surface area (Å²) in [6.07, 6.45) is 0.438. The molecule has 0 aliphatic rings. The first kappa shape index (κ1) is 9.24. The van der Waals surface area contributed by atoms with Crippen LogP contribution in [0.2, 0.25) is 0 Å². The molecule has 0 saturated heterocycles. The summed E-state index contributed by atoms with van der Waals surface area (Å²) in [7, 11) is 0. The molecule has 0 amide bonds. The Morgan fingerprint density at radius 2 is 2.10 bits per heavy atom. The number of isocyanates is 1. The molecule has 0 aromatic rings. The van der Waals surface area contributed by atoms with Gasteiger partial charge in [0.1, 0.15) is 0 Å². The van der Waals surface area contributed by atoms with E-state index in [2.05, 4.69) is 4.99 Å². The smallest absolute Gasteiger partial charge is 0.211 e. The summed E-state index contributed by atoms with van der Waals surface area (Å²) in [5, 5.41) is 0. The Balaban J connectivity index is 3.98. The minimum absolute atomic E-state index is 0.174. The van der Waals surface area contributed by atoms with Crippen LogP contribution in [0.1, 0.15) is 20.3 Å². The second kappa shape index (κ2) is 3.42. The molecule has 0 aliphatic carbocycles. The highest BCUT2D eigenvalue weighted by Crippen LogP contribution is 2.23. The fraction of sp³-hybridized carbons (Fsp3) is 0.833. The second-order valence-corrected chi connectivity index (χ2v) is 2.47. The molecule has 0 unspecified atom stereocenters. The SMILES string of the molecule is CC(C)CC(F)(F)N=C=O. The lowest BCUT2D eigenvalue weighted by molar-refractivity contribution is -0.00927. The second-order valence-electron chi connectivity index (χ2n) is 2.47. The lowest BCUT2D eigenvalue weighted by atomic mass is 10.1. The maximum absolute atomic E-state index is 12.2. The highest BCUT2D eigenvalue weighted by molar-refractivity contribution is 5.33. The summed E-state index contributed by atoms with van der Waals surface area (Å²) < 4.78 is 24.5. The molecule has 0 bridgehead atoms. The van der Waals surface area contributed by atoms with E-state index in [0.717, 1.165) is 6.08 Å². The quantitative estimate of drug-likeness (QED) is 0.342. The number of rotatable bonds is 3. The average molecular weight is 149 g/mol. The summed E-state index contributed by atoms with van der Waals surface area (Å²) >= 11 is 0. The first-order valence-electron chi connectivity index (χ1n) is 2.95. The molecule has 0 aromatic heterocycles. The first-order chi connectivity index (χ1) is 4.48. The van der Waals surface area contributed by atoms with Crippen LogP contribution < -0.4 is 0 Å². The minimum Gasteiger partial charge on any atom is -0.211 e. The van der Waals surface area contributed by atoms with Crippen molar-refractivity contribution in [2.75, 3.05) is 0 Å². The summed E-state index contributed by atoms with van der Waals surface area (Å²) in [6, 6.07) is -3.23. The van der Waals surface area contributed by atoms with Gasteiger partial charge >= 0.3 is 6.05 Å². The molecule has 0 aromatic carbocycles. The monoisotopic (exact) mass is 149 g/mol. The predicted octanol–water partition coefficient (Wildman–Crippen LogP) is 1.96. The van der Waals surface area contributed by atoms with Crippen molar-refractivity contribution in [3.05, 3.63) is 0 Å². The third-order valence-electron chi connectivity index (χ3n) is 0.863. The Morgan fingerprint density at radius 1 is 1.60 bits per heavy atom. The molecular formula is C6H9F2NO. The van der Waals surface area contributed by atoms with E-state index in [9.17, 15) is 13.6 Å². The van der Waals surface area contributed by atoms with E-state index in [1.54, 1.807) is 13.8 Å². The van der Waals surface area contributed by atoms with Crippen LogP contribution in [0.5, 0.6) is 0 Å². The lowest BCUT2D eigenvalue weighted by Crippen LogP contribution is -2.14. The van der Waals surface area contributed by atoms with Crippen molar-refractivity contribution >= 4 is 6.08 Å². The highest BCUT2D eigenvalue weighted by atomic mass is 19.3. The van der Waals surface area contributed by atoms with Crippen molar-refractivity contribution in [1.29, 1.82) is 0 Å². The maximum atomic E-state index is 12.2. The molecular weight excluding hydrogens is 140 g/mol. The van der Waals surface area contributed by atoms with E-state index in [-0.39, 0.29) is 5.92 Å². The van der Waals surface area contributed by atoms with Crippen molar-refractivity contribution in [2.24, 2.45) is 10.9 Å². The third-order valence-corrected chi connectivity index (χ3v) is 0.863. The standard InChI is InChI=1S/C6H9F2NO/c1-5(2)3-6(7,8)9-4-10/h5H,3H2,1-2H3. The molecule has 0 heterocycles. The molecule has 58 valence electrons. The van der Waals surface area contributed by atoms with Gasteiger partial charge in [-0.05, 0) is 5.92 Å². The molecule has 10 heavy (non-hydrogen) atoms. The van der Waals surface area contributed by atoms with Gasteiger partial charge in [-0.3, -0.25) is 0 Å². The number of alkyl halides is 2. The lowest BCUT2D eigenvalue weighted by Gasteiger charge is -2.10. The number of nitrogens with zero attached hydrogens (tertiary/aromatic N) is 1. The highest BCUT2D eigenvalue weighted by Gasteiger charge is 2.28. The largest absolute Gasteiger partial charge is 0.352 e. The summed E-state index contributed by atoms with van der Waals surface area (Å²) in [4.78, 5) is 11.8. The Bertz CT molecular complexity index is 150. The zero-order valence-electron chi connectivity index (χ0n) is 5.90. The summed E-state index contributed by atoms with van der Waals surface area (Å²) in [6.45, 7) is 3.27. The minimum atomic E-state index is -3.23. The molecule has 0 spiro atoms. The van der Waals surface area contributed by atoms with Crippen molar-refractivity contribution in [3.63, 3.8) is 0 Å². The van der Waals surface area contributed by atoms with Crippen molar-refractivity contribution in [2.45, 2.75) is 26.3 Å². The molecule has 0 N–H and O–H groups in total. The van der Waals surface area contributed by atoms with Crippen LogP contribution in [0.15, 0.2) is 4.99 Å². The fourth-order valence-electron chi connectivity index (χ4n) is 0.604. The van der Waals surface area contributed by atoms with E-state index in [0.29, 0.717) is 0 Å². The number of hydrogen-bond acceptors (Lipinski definition) is 2. The van der Waals surface area contributed by atoms with E-state index in [4.69, 9.17) is 0 Å². The molecule has 0 atom stereocenters. The van der Waals surface area contributed by atoms with Gasteiger partial charge in [0.15, 0.2) is 0 Å². The van der Waals surface area contributed by atoms with Gasteiger partial charge in [-0.15, -0.1) is 4.99 Å². The first-order valence-corrected chi connectivity index (χ1v) is 2.95. The van der Waals surface area contributed by atoms with Crippen molar-refractivity contribution in [3.8, 4) is 0 Å². The Labute approximate surface area is 58.0 Å². The fourth-order valence-corrected chi connectivity index (χ4v) is 0.604. The van der Waals surface area contributed by atoms with Crippen LogP contribution in [-0.4, -0.2) is 12.1 Å². The van der Waals surface area contributed by atoms with Crippen LogP contribution in [0.3, 0.4) is 0 Å². The molecule has 0 radical (unpaired) electrons. The van der Waals surface area contributed by atoms with Crippen LogP contribution in [0.25, 0.3) is 0 Å². The van der Waals surface area contributed by atoms with Gasteiger partial charge < -0.3 is 0 Å². The van der Waals surface area contributed by atoms with E-state index in [1.165, 1.54) is 0 Å². The predicted molar refractivity (Wildman–Crippen MR) is 32.5 cm³/mol. The van der Waals surface area contributed by atoms with Gasteiger partial charge in [0.05, 0.1) is 0 Å². The number of hydrogen-bond donors (Lipinski definition) is 0. The molecule has 0 rings (SSSR count). The van der Waals surface area contributed by atoms with Gasteiger partial charge in [-0.25, -0.2) is 4.79 Å². The number of halogens is 2. The number of carbonyl (C=O) groups excluding carboxylic acids is 1. The topological polar surface area (TPSA) is 29.4 Å². The van der Waals surface area contributed by atoms with Crippen molar-refractivity contribution in [1.82, 2.24) is 0 Å². The van der Waals surface area contributed by atoms with Gasteiger partial charge in [0.25, 0.3) is 0 Å². The molecule has 4 heteroatoms. The van der Waals surface area contributed by atoms with Crippen LogP contribution >= 0.6 is 0 Å². The third kappa shape index (κ3) is 4.15. The Hall–Kier alpha value is -0.760. The van der Waals surface area contributed by atoms with Gasteiger partial charge in [0.2, 0.25) is 6.08 Å². The van der Waals surface area contributed by atoms with Gasteiger partial charge in [0, 0.05) is 6.42 Å². The van der Waals surface area contributed by atoms with Crippen molar-refractivity contribution < 1.29 is 13.6 Å². The number of aliphatic imine (C=N–C) groups is 1. The van der Waals surface area contributed by atoms with E-state index >= 15 is 0 Å². The maximum Gasteiger partial charge on any atom is 0.352 e. The normalized spacial score (nSPS) is 11.3. The zero-order valence-corrected chi connectivity index (χ0v) is 5.90. The molecule has 0 aliphatic heterocycles. The van der Waals surface area contributed by atoms with Crippen LogP contribution in [0, 0.1) is 5.92 Å². The molecule has 2 nitrogen and oxygen atoms in total. The van der Waals surface area contributed by atoms with Gasteiger partial charge in [-0.1, -0.05) is 13.8 Å². The van der Waals surface area contributed by atoms with Crippen LogP contribution in [-0.2, 0) is 4.79 Å². The van der Waals surface area contributed by atoms with Gasteiger partial charge in [-0.2, -0.15) is 8.78 Å². The van der Waals surface area contributed by atoms with E-state index in [1.807, 2.05) is 0 Å². The Kier molecular flexibility index (Phi) is 3.16. The van der Waals surface area contributed by atoms with E-state index < -0.39 is 12.5 Å². The Morgan fingerprint density at radius 3 is 2.40 bits per heavy atom. The molecule has 0 saturated carbocycles. The average Bonchev–Trinajstić information content (AvgIpc) is 1.59.